The van der Waals surface area contributed by atoms with Crippen LogP contribution >= 0.6 is 27.5 Å². The number of nitrogens with one attached hydrogen (secondary N) is 1. The molecule has 18 heavy (non-hydrogen) atoms. The summed E-state index contributed by atoms with van der Waals surface area (Å²) < 4.78 is 1.15. The van der Waals surface area contributed by atoms with Gasteiger partial charge >= 0.3 is 0 Å². The molecule has 0 aliphatic carbocycles. The lowest BCUT2D eigenvalue weighted by Crippen LogP contribution is -2.18. The third-order valence-electron chi connectivity index (χ3n) is 3.00. The molecule has 0 bridgehead atoms. The molecule has 0 aromatic heterocycles. The first-order chi connectivity index (χ1) is 8.70. The quantitative estimate of drug-likeness (QED) is 0.866. The second-order valence-electron chi connectivity index (χ2n) is 4.19. The second kappa shape index (κ2) is 6.37. The lowest BCUT2D eigenvalue weighted by atomic mass is 9.99. The fraction of sp³-hybridized carbons (Fsp3) is 0.200. The normalized spacial score (nSPS) is 12.4. The Labute approximate surface area is 121 Å². The summed E-state index contributed by atoms with van der Waals surface area (Å²) in [5.41, 5.74) is 2.55. The molecule has 0 spiro atoms. The minimum absolute atomic E-state index is 0.293. The van der Waals surface area contributed by atoms with Crippen molar-refractivity contribution in [1.82, 2.24) is 5.32 Å². The molecule has 0 saturated carbocycles. The maximum absolute atomic E-state index is 5.92. The van der Waals surface area contributed by atoms with Crippen LogP contribution < -0.4 is 5.32 Å². The first-order valence-corrected chi connectivity index (χ1v) is 7.04. The summed E-state index contributed by atoms with van der Waals surface area (Å²) in [6.07, 6.45) is 0.944. The number of benzene rings is 2. The molecule has 0 radical (unpaired) electrons. The second-order valence-corrected chi connectivity index (χ2v) is 5.48. The number of likely N-dealkylation sites (N-methyl/N-ethyl adjacent to an activating group) is 1. The summed E-state index contributed by atoms with van der Waals surface area (Å²) in [7, 11) is 1.98. The van der Waals surface area contributed by atoms with Crippen LogP contribution in [0.15, 0.2) is 53.0 Å². The van der Waals surface area contributed by atoms with Gasteiger partial charge < -0.3 is 5.32 Å². The van der Waals surface area contributed by atoms with Gasteiger partial charge in [-0.25, -0.2) is 0 Å². The van der Waals surface area contributed by atoms with Crippen LogP contribution in [0.3, 0.4) is 0 Å². The molecule has 0 aliphatic heterocycles. The Kier molecular flexibility index (Phi) is 4.81. The molecule has 94 valence electrons. The van der Waals surface area contributed by atoms with Crippen molar-refractivity contribution in [2.45, 2.75) is 12.5 Å². The van der Waals surface area contributed by atoms with Gasteiger partial charge in [0.1, 0.15) is 0 Å². The van der Waals surface area contributed by atoms with Gasteiger partial charge in [-0.05, 0) is 42.8 Å². The van der Waals surface area contributed by atoms with Gasteiger partial charge in [0, 0.05) is 15.5 Å². The zero-order valence-corrected chi connectivity index (χ0v) is 12.5. The van der Waals surface area contributed by atoms with E-state index in [-0.39, 0.29) is 0 Å². The molecule has 2 rings (SSSR count). The van der Waals surface area contributed by atoms with E-state index in [1.54, 1.807) is 0 Å². The molecule has 3 heteroatoms. The Bertz CT molecular complexity index is 510. The van der Waals surface area contributed by atoms with Gasteiger partial charge in [-0.3, -0.25) is 0 Å². The highest BCUT2D eigenvalue weighted by Crippen LogP contribution is 2.24. The molecule has 0 heterocycles. The standard InChI is InChI=1S/C15H15BrClN/c1-18-15(11-6-8-13(17)9-7-11)10-12-4-2-3-5-14(12)16/h2-9,15,18H,10H2,1H3. The SMILES string of the molecule is CNC(Cc1ccccc1Br)c1ccc(Cl)cc1. The van der Waals surface area contributed by atoms with Gasteiger partial charge in [0.05, 0.1) is 0 Å². The molecule has 0 saturated heterocycles. The average molecular weight is 325 g/mol. The van der Waals surface area contributed by atoms with Crippen molar-refractivity contribution < 1.29 is 0 Å². The highest BCUT2D eigenvalue weighted by atomic mass is 79.9. The van der Waals surface area contributed by atoms with E-state index < -0.39 is 0 Å². The third-order valence-corrected chi connectivity index (χ3v) is 4.03. The average Bonchev–Trinajstić information content (AvgIpc) is 2.39. The van der Waals surface area contributed by atoms with Crippen LogP contribution in [0.5, 0.6) is 0 Å². The first-order valence-electron chi connectivity index (χ1n) is 5.87. The number of hydrogen-bond acceptors (Lipinski definition) is 1. The first kappa shape index (κ1) is 13.6. The highest BCUT2D eigenvalue weighted by Gasteiger charge is 2.11. The predicted octanol–water partition coefficient (Wildman–Crippen LogP) is 4.61. The minimum Gasteiger partial charge on any atom is -0.313 e. The van der Waals surface area contributed by atoms with E-state index >= 15 is 0 Å². The van der Waals surface area contributed by atoms with Crippen LogP contribution in [-0.4, -0.2) is 7.05 Å². The molecular formula is C15H15BrClN. The summed E-state index contributed by atoms with van der Waals surface area (Å²) >= 11 is 9.51. The summed E-state index contributed by atoms with van der Waals surface area (Å²) in [6, 6.07) is 16.6. The van der Waals surface area contributed by atoms with Crippen molar-refractivity contribution in [3.05, 3.63) is 69.2 Å². The topological polar surface area (TPSA) is 12.0 Å². The summed E-state index contributed by atoms with van der Waals surface area (Å²) in [4.78, 5) is 0. The zero-order valence-electron chi connectivity index (χ0n) is 10.2. The number of hydrogen-bond donors (Lipinski definition) is 1. The molecule has 2 aromatic carbocycles. The van der Waals surface area contributed by atoms with Gasteiger partial charge in [0.15, 0.2) is 0 Å². The van der Waals surface area contributed by atoms with E-state index in [2.05, 4.69) is 51.6 Å². The molecule has 1 atom stereocenters. The highest BCUT2D eigenvalue weighted by molar-refractivity contribution is 9.10. The van der Waals surface area contributed by atoms with Crippen molar-refractivity contribution >= 4 is 27.5 Å². The summed E-state index contributed by atoms with van der Waals surface area (Å²) in [5, 5.41) is 4.12. The number of rotatable bonds is 4. The Balaban J connectivity index is 2.20. The van der Waals surface area contributed by atoms with E-state index in [0.717, 1.165) is 15.9 Å². The predicted molar refractivity (Wildman–Crippen MR) is 81.1 cm³/mol. The molecule has 1 N–H and O–H groups in total. The lowest BCUT2D eigenvalue weighted by molar-refractivity contribution is 0.591. The van der Waals surface area contributed by atoms with Gasteiger partial charge in [-0.1, -0.05) is 57.9 Å². The monoisotopic (exact) mass is 323 g/mol. The van der Waals surface area contributed by atoms with Gasteiger partial charge in [0.25, 0.3) is 0 Å². The van der Waals surface area contributed by atoms with Crippen LogP contribution in [0.25, 0.3) is 0 Å². The largest absolute Gasteiger partial charge is 0.313 e. The van der Waals surface area contributed by atoms with Crippen LogP contribution in [0, 0.1) is 0 Å². The molecule has 2 aromatic rings. The maximum atomic E-state index is 5.92. The minimum atomic E-state index is 0.293. The van der Waals surface area contributed by atoms with Crippen LogP contribution in [0.2, 0.25) is 5.02 Å². The van der Waals surface area contributed by atoms with Crippen molar-refractivity contribution in [3.8, 4) is 0 Å². The van der Waals surface area contributed by atoms with Crippen molar-refractivity contribution in [2.24, 2.45) is 0 Å². The maximum Gasteiger partial charge on any atom is 0.0406 e. The van der Waals surface area contributed by atoms with E-state index in [0.29, 0.717) is 6.04 Å². The van der Waals surface area contributed by atoms with Crippen LogP contribution in [0.1, 0.15) is 17.2 Å². The summed E-state index contributed by atoms with van der Waals surface area (Å²) in [6.45, 7) is 0. The van der Waals surface area contributed by atoms with Crippen molar-refractivity contribution in [2.75, 3.05) is 7.05 Å². The van der Waals surface area contributed by atoms with Gasteiger partial charge in [-0.15, -0.1) is 0 Å². The van der Waals surface area contributed by atoms with Crippen molar-refractivity contribution in [1.29, 1.82) is 0 Å². The van der Waals surface area contributed by atoms with Crippen molar-refractivity contribution in [3.63, 3.8) is 0 Å². The molecule has 1 unspecified atom stereocenters. The van der Waals surface area contributed by atoms with E-state index in [9.17, 15) is 0 Å². The Morgan fingerprint density at radius 2 is 1.78 bits per heavy atom. The summed E-state index contributed by atoms with van der Waals surface area (Å²) in [5.74, 6) is 0. The molecule has 0 fully saturated rings. The Hall–Kier alpha value is -0.830. The smallest absolute Gasteiger partial charge is 0.0406 e. The number of halogens is 2. The Morgan fingerprint density at radius 3 is 2.39 bits per heavy atom. The van der Waals surface area contributed by atoms with Crippen LogP contribution in [-0.2, 0) is 6.42 Å². The molecule has 0 amide bonds. The van der Waals surface area contributed by atoms with E-state index in [1.165, 1.54) is 11.1 Å². The molecule has 0 aliphatic rings. The zero-order chi connectivity index (χ0) is 13.0. The third kappa shape index (κ3) is 3.35. The fourth-order valence-corrected chi connectivity index (χ4v) is 2.54. The Morgan fingerprint density at radius 1 is 1.11 bits per heavy atom. The fourth-order valence-electron chi connectivity index (χ4n) is 1.97. The van der Waals surface area contributed by atoms with Crippen LogP contribution in [0.4, 0.5) is 0 Å². The molecule has 1 nitrogen and oxygen atoms in total. The van der Waals surface area contributed by atoms with E-state index in [1.807, 2.05) is 25.2 Å². The lowest BCUT2D eigenvalue weighted by Gasteiger charge is -2.17. The molecular weight excluding hydrogens is 310 g/mol. The van der Waals surface area contributed by atoms with Gasteiger partial charge in [0.2, 0.25) is 0 Å². The van der Waals surface area contributed by atoms with E-state index in [4.69, 9.17) is 11.6 Å². The van der Waals surface area contributed by atoms with Gasteiger partial charge in [-0.2, -0.15) is 0 Å².